The van der Waals surface area contributed by atoms with Crippen LogP contribution in [-0.2, 0) is 9.59 Å². The van der Waals surface area contributed by atoms with Gasteiger partial charge in [0.15, 0.2) is 5.96 Å². The van der Waals surface area contributed by atoms with Crippen molar-refractivity contribution in [3.8, 4) is 0 Å². The number of rotatable bonds is 5. The number of benzene rings is 1. The Hall–Kier alpha value is -1.75. The number of aliphatic imine (C=N–C) groups is 1. The molecule has 0 unspecified atom stereocenters. The second-order valence-corrected chi connectivity index (χ2v) is 8.49. The highest BCUT2D eigenvalue weighted by Gasteiger charge is 2.25. The van der Waals surface area contributed by atoms with Crippen LogP contribution >= 0.6 is 35.6 Å². The largest absolute Gasteiger partial charge is 0.368 e. The number of hydrogen-bond acceptors (Lipinski definition) is 4. The van der Waals surface area contributed by atoms with Crippen molar-refractivity contribution in [1.29, 1.82) is 0 Å². The van der Waals surface area contributed by atoms with Crippen molar-refractivity contribution < 1.29 is 9.59 Å². The van der Waals surface area contributed by atoms with Crippen LogP contribution in [0.3, 0.4) is 0 Å². The summed E-state index contributed by atoms with van der Waals surface area (Å²) in [5.74, 6) is 1.36. The van der Waals surface area contributed by atoms with Crippen molar-refractivity contribution in [2.45, 2.75) is 19.3 Å². The molecule has 0 atom stereocenters. The van der Waals surface area contributed by atoms with Crippen molar-refractivity contribution in [1.82, 2.24) is 20.4 Å². The number of piperazine rings is 1. The number of anilines is 1. The quantitative estimate of drug-likeness (QED) is 0.319. The first-order chi connectivity index (χ1) is 15.0. The Kier molecular flexibility index (Phi) is 10.8. The summed E-state index contributed by atoms with van der Waals surface area (Å²) >= 11 is 5.97. The number of hydrogen-bond donors (Lipinski definition) is 2. The fourth-order valence-electron chi connectivity index (χ4n) is 4.18. The number of carbonyl (C=O) groups excluding carboxylic acids is 2. The zero-order chi connectivity index (χ0) is 22.2. The Morgan fingerprint density at radius 2 is 1.66 bits per heavy atom. The summed E-state index contributed by atoms with van der Waals surface area (Å²) < 4.78 is 0. The SMILES string of the molecule is CN=C(NCC(=O)N1CCN(c2ccc(Cl)cc2)CC1)N1CCC(CC(=O)NC)CC1.I. The van der Waals surface area contributed by atoms with E-state index in [4.69, 9.17) is 11.6 Å². The molecule has 2 aliphatic heterocycles. The van der Waals surface area contributed by atoms with Crippen LogP contribution in [0.5, 0.6) is 0 Å². The summed E-state index contributed by atoms with van der Waals surface area (Å²) in [5.41, 5.74) is 1.13. The molecule has 32 heavy (non-hydrogen) atoms. The minimum absolute atomic E-state index is 0. The minimum atomic E-state index is 0. The van der Waals surface area contributed by atoms with E-state index in [0.29, 0.717) is 25.4 Å². The van der Waals surface area contributed by atoms with Gasteiger partial charge in [-0.2, -0.15) is 0 Å². The number of halogens is 2. The molecule has 1 aromatic carbocycles. The first-order valence-corrected chi connectivity index (χ1v) is 11.3. The zero-order valence-electron chi connectivity index (χ0n) is 18.8. The van der Waals surface area contributed by atoms with Crippen molar-refractivity contribution >= 4 is 59.0 Å². The van der Waals surface area contributed by atoms with Gasteiger partial charge in [-0.3, -0.25) is 14.6 Å². The third-order valence-corrected chi connectivity index (χ3v) is 6.35. The van der Waals surface area contributed by atoms with Gasteiger partial charge >= 0.3 is 0 Å². The highest BCUT2D eigenvalue weighted by Crippen LogP contribution is 2.21. The number of piperidine rings is 1. The van der Waals surface area contributed by atoms with Gasteiger partial charge in [-0.05, 0) is 43.0 Å². The summed E-state index contributed by atoms with van der Waals surface area (Å²) in [6, 6.07) is 7.82. The lowest BCUT2D eigenvalue weighted by Gasteiger charge is -2.37. The fourth-order valence-corrected chi connectivity index (χ4v) is 4.30. The predicted molar refractivity (Wildman–Crippen MR) is 140 cm³/mol. The maximum absolute atomic E-state index is 12.7. The molecule has 0 aliphatic carbocycles. The molecule has 0 aromatic heterocycles. The van der Waals surface area contributed by atoms with E-state index in [9.17, 15) is 9.59 Å². The molecule has 0 spiro atoms. The van der Waals surface area contributed by atoms with Gasteiger partial charge < -0.3 is 25.3 Å². The van der Waals surface area contributed by atoms with E-state index in [1.165, 1.54) is 0 Å². The third kappa shape index (κ3) is 7.40. The van der Waals surface area contributed by atoms with Crippen LogP contribution in [-0.4, -0.2) is 87.5 Å². The molecule has 3 rings (SSSR count). The van der Waals surface area contributed by atoms with Crippen molar-refractivity contribution in [3.63, 3.8) is 0 Å². The summed E-state index contributed by atoms with van der Waals surface area (Å²) in [6.45, 7) is 4.94. The predicted octanol–water partition coefficient (Wildman–Crippen LogP) is 2.03. The standard InChI is InChI=1S/C22H33ClN6O2.HI/c1-24-20(30)15-17-7-9-29(10-8-17)22(25-2)26-16-21(31)28-13-11-27(12-14-28)19-5-3-18(23)4-6-19;/h3-6,17H,7-16H2,1-2H3,(H,24,30)(H,25,26);1H. The van der Waals surface area contributed by atoms with Crippen molar-refractivity contribution in [2.75, 3.05) is 64.8 Å². The molecule has 2 amide bonds. The van der Waals surface area contributed by atoms with E-state index >= 15 is 0 Å². The van der Waals surface area contributed by atoms with E-state index in [2.05, 4.69) is 25.4 Å². The molecular formula is C22H34ClIN6O2. The lowest BCUT2D eigenvalue weighted by Crippen LogP contribution is -2.53. The second kappa shape index (κ2) is 13.1. The van der Waals surface area contributed by atoms with Crippen LogP contribution in [0.25, 0.3) is 0 Å². The van der Waals surface area contributed by atoms with Crippen LogP contribution in [0.1, 0.15) is 19.3 Å². The molecule has 2 N–H and O–H groups in total. The molecule has 2 aliphatic rings. The van der Waals surface area contributed by atoms with Gasteiger partial charge in [0.2, 0.25) is 11.8 Å². The number of amides is 2. The van der Waals surface area contributed by atoms with Crippen LogP contribution < -0.4 is 15.5 Å². The highest BCUT2D eigenvalue weighted by molar-refractivity contribution is 14.0. The van der Waals surface area contributed by atoms with Crippen LogP contribution in [0.2, 0.25) is 5.02 Å². The summed E-state index contributed by atoms with van der Waals surface area (Å²) in [5, 5.41) is 6.66. The van der Waals surface area contributed by atoms with E-state index in [1.54, 1.807) is 14.1 Å². The van der Waals surface area contributed by atoms with Crippen LogP contribution in [0.4, 0.5) is 5.69 Å². The lowest BCUT2D eigenvalue weighted by atomic mass is 9.93. The second-order valence-electron chi connectivity index (χ2n) is 8.05. The van der Waals surface area contributed by atoms with Gasteiger partial charge in [0.25, 0.3) is 0 Å². The van der Waals surface area contributed by atoms with Gasteiger partial charge in [-0.1, -0.05) is 11.6 Å². The van der Waals surface area contributed by atoms with Crippen LogP contribution in [0, 0.1) is 5.92 Å². The van der Waals surface area contributed by atoms with Crippen LogP contribution in [0.15, 0.2) is 29.3 Å². The highest BCUT2D eigenvalue weighted by atomic mass is 127. The number of likely N-dealkylation sites (tertiary alicyclic amines) is 1. The topological polar surface area (TPSA) is 80.3 Å². The first-order valence-electron chi connectivity index (χ1n) is 10.9. The van der Waals surface area contributed by atoms with E-state index in [0.717, 1.165) is 55.7 Å². The van der Waals surface area contributed by atoms with Gasteiger partial charge in [0, 0.05) is 70.5 Å². The molecule has 8 nitrogen and oxygen atoms in total. The molecule has 0 saturated carbocycles. The average Bonchev–Trinajstić information content (AvgIpc) is 2.81. The van der Waals surface area contributed by atoms with Gasteiger partial charge in [-0.25, -0.2) is 0 Å². The monoisotopic (exact) mass is 576 g/mol. The molecule has 0 radical (unpaired) electrons. The molecule has 2 saturated heterocycles. The molecule has 1 aromatic rings. The molecule has 2 heterocycles. The Labute approximate surface area is 212 Å². The number of carbonyl (C=O) groups is 2. The maximum Gasteiger partial charge on any atom is 0.242 e. The number of guanidine groups is 1. The maximum atomic E-state index is 12.7. The number of nitrogens with one attached hydrogen (secondary N) is 2. The Balaban J connectivity index is 0.00000363. The molecule has 0 bridgehead atoms. The summed E-state index contributed by atoms with van der Waals surface area (Å²) in [7, 11) is 3.42. The van der Waals surface area contributed by atoms with E-state index < -0.39 is 0 Å². The zero-order valence-corrected chi connectivity index (χ0v) is 21.9. The van der Waals surface area contributed by atoms with Crippen molar-refractivity contribution in [2.24, 2.45) is 10.9 Å². The Bertz CT molecular complexity index is 775. The Morgan fingerprint density at radius 3 is 2.22 bits per heavy atom. The smallest absolute Gasteiger partial charge is 0.242 e. The van der Waals surface area contributed by atoms with Crippen molar-refractivity contribution in [3.05, 3.63) is 29.3 Å². The van der Waals surface area contributed by atoms with Gasteiger partial charge in [0.1, 0.15) is 0 Å². The Morgan fingerprint density at radius 1 is 1.03 bits per heavy atom. The lowest BCUT2D eigenvalue weighted by molar-refractivity contribution is -0.130. The summed E-state index contributed by atoms with van der Waals surface area (Å²) in [6.07, 6.45) is 2.49. The molecule has 2 fully saturated rings. The van der Waals surface area contributed by atoms with Gasteiger partial charge in [0.05, 0.1) is 6.54 Å². The third-order valence-electron chi connectivity index (χ3n) is 6.10. The average molecular weight is 577 g/mol. The van der Waals surface area contributed by atoms with E-state index in [-0.39, 0.29) is 42.3 Å². The fraction of sp³-hybridized carbons (Fsp3) is 0.591. The molecular weight excluding hydrogens is 543 g/mol. The number of nitrogens with zero attached hydrogens (tertiary/aromatic N) is 4. The normalized spacial score (nSPS) is 17.6. The molecule has 178 valence electrons. The summed E-state index contributed by atoms with van der Waals surface area (Å²) in [4.78, 5) is 35.0. The first kappa shape index (κ1) is 26.5. The van der Waals surface area contributed by atoms with Gasteiger partial charge in [-0.15, -0.1) is 24.0 Å². The minimum Gasteiger partial charge on any atom is -0.368 e. The van der Waals surface area contributed by atoms with E-state index in [1.807, 2.05) is 29.2 Å². The molecule has 10 heteroatoms.